The molecule has 0 bridgehead atoms. The van der Waals surface area contributed by atoms with Gasteiger partial charge in [0.15, 0.2) is 0 Å². The van der Waals surface area contributed by atoms with Gasteiger partial charge in [-0.05, 0) is 56.0 Å². The molecule has 2 heterocycles. The highest BCUT2D eigenvalue weighted by Crippen LogP contribution is 2.35. The van der Waals surface area contributed by atoms with E-state index in [0.29, 0.717) is 34.6 Å². The average Bonchev–Trinajstić information content (AvgIpc) is 3.27. The lowest BCUT2D eigenvalue weighted by Crippen LogP contribution is -2.39. The zero-order valence-corrected chi connectivity index (χ0v) is 17.7. The van der Waals surface area contributed by atoms with Crippen molar-refractivity contribution in [2.24, 2.45) is 0 Å². The van der Waals surface area contributed by atoms with Crippen LogP contribution in [0.5, 0.6) is 0 Å². The summed E-state index contributed by atoms with van der Waals surface area (Å²) in [5.74, 6) is -0.200. The number of imidazole rings is 1. The Labute approximate surface area is 187 Å². The van der Waals surface area contributed by atoms with E-state index in [1.54, 1.807) is 18.3 Å². The Bertz CT molecular complexity index is 1120. The van der Waals surface area contributed by atoms with E-state index < -0.39 is 11.9 Å². The molecule has 1 amide bonds. The number of nitrogens with one attached hydrogen (secondary N) is 3. The number of H-pyrrole nitrogens is 1. The number of carbonyl (C=O) groups is 1. The van der Waals surface area contributed by atoms with E-state index in [9.17, 15) is 18.0 Å². The van der Waals surface area contributed by atoms with Crippen LogP contribution < -0.4 is 10.6 Å². The summed E-state index contributed by atoms with van der Waals surface area (Å²) < 4.78 is 39.9. The van der Waals surface area contributed by atoms with Gasteiger partial charge in [0.05, 0.1) is 17.5 Å². The molecular weight excluding hydrogens is 443 g/mol. The van der Waals surface area contributed by atoms with Crippen molar-refractivity contribution >= 4 is 40.2 Å². The van der Waals surface area contributed by atoms with Crippen molar-refractivity contribution in [3.05, 3.63) is 59.3 Å². The van der Waals surface area contributed by atoms with Crippen molar-refractivity contribution in [2.75, 3.05) is 5.32 Å². The molecular formula is C22H21ClF3N5O. The van der Waals surface area contributed by atoms with E-state index in [4.69, 9.17) is 11.6 Å². The number of hydrogen-bond acceptors (Lipinski definition) is 4. The minimum absolute atomic E-state index is 0.0127. The van der Waals surface area contributed by atoms with Gasteiger partial charge in [-0.2, -0.15) is 13.2 Å². The van der Waals surface area contributed by atoms with Crippen molar-refractivity contribution in [1.82, 2.24) is 20.3 Å². The van der Waals surface area contributed by atoms with Crippen molar-refractivity contribution < 1.29 is 18.0 Å². The minimum atomic E-state index is -4.55. The maximum Gasteiger partial charge on any atom is 0.433 e. The smallest absolute Gasteiger partial charge is 0.382 e. The number of alkyl halides is 3. The second-order valence-corrected chi connectivity index (χ2v) is 8.18. The number of halogens is 4. The van der Waals surface area contributed by atoms with Crippen LogP contribution in [0, 0.1) is 0 Å². The number of amides is 1. The number of aromatic amines is 1. The third kappa shape index (κ3) is 5.40. The maximum absolute atomic E-state index is 13.3. The first-order chi connectivity index (χ1) is 15.3. The van der Waals surface area contributed by atoms with Crippen LogP contribution in [-0.2, 0) is 11.0 Å². The average molecular weight is 464 g/mol. The SMILES string of the molecule is O=C(/C=C/c1c[nH]cn1)N[C@H]1CC[C@@H](Nc2cc(C(F)(F)F)nc3ccc(Cl)cc23)CC1. The molecule has 168 valence electrons. The summed E-state index contributed by atoms with van der Waals surface area (Å²) in [6, 6.07) is 5.65. The van der Waals surface area contributed by atoms with Gasteiger partial charge in [0.1, 0.15) is 5.69 Å². The van der Waals surface area contributed by atoms with Gasteiger partial charge in [-0.3, -0.25) is 4.79 Å². The van der Waals surface area contributed by atoms with Gasteiger partial charge in [0.2, 0.25) is 5.91 Å². The number of benzene rings is 1. The number of fused-ring (bicyclic) bond motifs is 1. The predicted molar refractivity (Wildman–Crippen MR) is 117 cm³/mol. The highest BCUT2D eigenvalue weighted by molar-refractivity contribution is 6.31. The lowest BCUT2D eigenvalue weighted by Gasteiger charge is -2.30. The third-order valence-corrected chi connectivity index (χ3v) is 5.65. The number of aromatic nitrogens is 3. The number of nitrogens with zero attached hydrogens (tertiary/aromatic N) is 2. The number of hydrogen-bond donors (Lipinski definition) is 3. The molecule has 1 aliphatic carbocycles. The number of rotatable bonds is 5. The summed E-state index contributed by atoms with van der Waals surface area (Å²) in [7, 11) is 0. The van der Waals surface area contributed by atoms with Gasteiger partial charge in [-0.25, -0.2) is 9.97 Å². The molecule has 0 aliphatic heterocycles. The Balaban J connectivity index is 1.40. The molecule has 0 saturated heterocycles. The van der Waals surface area contributed by atoms with Gasteiger partial charge >= 0.3 is 6.18 Å². The molecule has 0 spiro atoms. The molecule has 10 heteroatoms. The van der Waals surface area contributed by atoms with Crippen LogP contribution in [0.4, 0.5) is 18.9 Å². The Kier molecular flexibility index (Phi) is 6.36. The predicted octanol–water partition coefficient (Wildman–Crippen LogP) is 5.18. The van der Waals surface area contributed by atoms with E-state index in [-0.39, 0.29) is 23.5 Å². The molecule has 1 aromatic carbocycles. The molecule has 1 fully saturated rings. The van der Waals surface area contributed by atoms with E-state index in [1.807, 2.05) is 0 Å². The first kappa shape index (κ1) is 22.1. The van der Waals surface area contributed by atoms with E-state index >= 15 is 0 Å². The normalized spacial score (nSPS) is 19.4. The van der Waals surface area contributed by atoms with Crippen LogP contribution in [0.1, 0.15) is 37.1 Å². The zero-order valence-electron chi connectivity index (χ0n) is 16.9. The van der Waals surface area contributed by atoms with Crippen LogP contribution in [0.15, 0.2) is 42.9 Å². The third-order valence-electron chi connectivity index (χ3n) is 5.42. The summed E-state index contributed by atoms with van der Waals surface area (Å²) in [6.45, 7) is 0. The highest BCUT2D eigenvalue weighted by Gasteiger charge is 2.34. The monoisotopic (exact) mass is 463 g/mol. The first-order valence-electron chi connectivity index (χ1n) is 10.2. The van der Waals surface area contributed by atoms with Gasteiger partial charge in [0, 0.05) is 40.5 Å². The number of anilines is 1. The van der Waals surface area contributed by atoms with Crippen LogP contribution >= 0.6 is 11.6 Å². The summed E-state index contributed by atoms with van der Waals surface area (Å²) in [5.41, 5.74) is 0.311. The Hall–Kier alpha value is -3.07. The molecule has 32 heavy (non-hydrogen) atoms. The summed E-state index contributed by atoms with van der Waals surface area (Å²) in [6.07, 6.45) is 4.58. The molecule has 2 aromatic heterocycles. The molecule has 1 aliphatic rings. The lowest BCUT2D eigenvalue weighted by atomic mass is 9.90. The van der Waals surface area contributed by atoms with Gasteiger partial charge in [-0.15, -0.1) is 0 Å². The fourth-order valence-electron chi connectivity index (χ4n) is 3.84. The summed E-state index contributed by atoms with van der Waals surface area (Å²) >= 11 is 6.06. The fourth-order valence-corrected chi connectivity index (χ4v) is 4.01. The Morgan fingerprint density at radius 1 is 1.16 bits per heavy atom. The lowest BCUT2D eigenvalue weighted by molar-refractivity contribution is -0.140. The van der Waals surface area contributed by atoms with Gasteiger partial charge in [-0.1, -0.05) is 11.6 Å². The Morgan fingerprint density at radius 3 is 2.59 bits per heavy atom. The molecule has 4 rings (SSSR count). The van der Waals surface area contributed by atoms with Crippen LogP contribution in [0.2, 0.25) is 5.02 Å². The van der Waals surface area contributed by atoms with Crippen molar-refractivity contribution in [3.63, 3.8) is 0 Å². The first-order valence-corrected chi connectivity index (χ1v) is 10.6. The Morgan fingerprint density at radius 2 is 1.91 bits per heavy atom. The molecule has 0 unspecified atom stereocenters. The largest absolute Gasteiger partial charge is 0.433 e. The van der Waals surface area contributed by atoms with E-state index in [1.165, 1.54) is 24.5 Å². The van der Waals surface area contributed by atoms with Gasteiger partial charge in [0.25, 0.3) is 0 Å². The fraction of sp³-hybridized carbons (Fsp3) is 0.318. The molecule has 1 saturated carbocycles. The minimum Gasteiger partial charge on any atom is -0.382 e. The van der Waals surface area contributed by atoms with Crippen molar-refractivity contribution in [1.29, 1.82) is 0 Å². The number of pyridine rings is 1. The zero-order chi connectivity index (χ0) is 22.7. The summed E-state index contributed by atoms with van der Waals surface area (Å²) in [4.78, 5) is 22.7. The molecule has 3 N–H and O–H groups in total. The molecule has 0 radical (unpaired) electrons. The standard InChI is InChI=1S/C22H21ClF3N5O/c23-13-1-7-18-17(9-13)19(10-20(31-18)22(24,25)26)29-14-2-4-15(5-3-14)30-21(32)8-6-16-11-27-12-28-16/h1,6-12,14-15H,2-5H2,(H,27,28)(H,29,31)(H,30,32)/b8-6+/t14-,15+. The van der Waals surface area contributed by atoms with E-state index in [2.05, 4.69) is 25.6 Å². The molecule has 3 aromatic rings. The van der Waals surface area contributed by atoms with Gasteiger partial charge < -0.3 is 15.6 Å². The van der Waals surface area contributed by atoms with Crippen molar-refractivity contribution in [2.45, 2.75) is 43.9 Å². The second kappa shape index (κ2) is 9.20. The molecule has 0 atom stereocenters. The van der Waals surface area contributed by atoms with Crippen LogP contribution in [0.3, 0.4) is 0 Å². The topological polar surface area (TPSA) is 82.7 Å². The van der Waals surface area contributed by atoms with Crippen LogP contribution in [-0.4, -0.2) is 32.9 Å². The second-order valence-electron chi connectivity index (χ2n) is 7.74. The quantitative estimate of drug-likeness (QED) is 0.455. The summed E-state index contributed by atoms with van der Waals surface area (Å²) in [5, 5.41) is 7.18. The number of carbonyl (C=O) groups excluding carboxylic acids is 1. The van der Waals surface area contributed by atoms with Crippen molar-refractivity contribution in [3.8, 4) is 0 Å². The van der Waals surface area contributed by atoms with E-state index in [0.717, 1.165) is 18.9 Å². The molecule has 6 nitrogen and oxygen atoms in total. The highest BCUT2D eigenvalue weighted by atomic mass is 35.5. The maximum atomic E-state index is 13.3. The van der Waals surface area contributed by atoms with Crippen LogP contribution in [0.25, 0.3) is 17.0 Å².